The van der Waals surface area contributed by atoms with Crippen molar-refractivity contribution in [3.8, 4) is 0 Å². The second-order valence-electron chi connectivity index (χ2n) is 4.94. The van der Waals surface area contributed by atoms with Gasteiger partial charge in [-0.15, -0.1) is 0 Å². The van der Waals surface area contributed by atoms with Crippen LogP contribution in [-0.2, 0) is 6.42 Å². The quantitative estimate of drug-likeness (QED) is 0.722. The summed E-state index contributed by atoms with van der Waals surface area (Å²) >= 11 is 0. The van der Waals surface area contributed by atoms with Crippen LogP contribution in [0.25, 0.3) is 0 Å². The summed E-state index contributed by atoms with van der Waals surface area (Å²) < 4.78 is 0. The minimum atomic E-state index is -1.31. The minimum absolute atomic E-state index is 0.286. The van der Waals surface area contributed by atoms with Gasteiger partial charge in [-0.25, -0.2) is 0 Å². The van der Waals surface area contributed by atoms with E-state index in [1.807, 2.05) is 12.1 Å². The standard InChI is InChI=1S/C10H14O.C5H10O2/c1-9-5-2-3-6-10(9)7-4-8-11;6-5(7)3-1-2-4-5/h2-3,5-6,11H,4,7-8H2,1H3;6-7H,1-4H2. The molecular formula is C15H24O3. The Hall–Kier alpha value is -0.900. The molecule has 0 bridgehead atoms. The Balaban J connectivity index is 0.000000199. The van der Waals surface area contributed by atoms with Gasteiger partial charge in [0.1, 0.15) is 0 Å². The van der Waals surface area contributed by atoms with Gasteiger partial charge < -0.3 is 15.3 Å². The van der Waals surface area contributed by atoms with Crippen LogP contribution in [0.4, 0.5) is 0 Å². The summed E-state index contributed by atoms with van der Waals surface area (Å²) in [5.74, 6) is -1.31. The Morgan fingerprint density at radius 3 is 2.17 bits per heavy atom. The number of benzene rings is 1. The molecule has 1 aromatic rings. The zero-order chi connectivity index (χ0) is 13.4. The van der Waals surface area contributed by atoms with Gasteiger partial charge in [-0.3, -0.25) is 0 Å². The van der Waals surface area contributed by atoms with Crippen LogP contribution in [0.1, 0.15) is 43.2 Å². The molecular weight excluding hydrogens is 228 g/mol. The predicted molar refractivity (Wildman–Crippen MR) is 72.2 cm³/mol. The van der Waals surface area contributed by atoms with Gasteiger partial charge in [0.15, 0.2) is 5.79 Å². The van der Waals surface area contributed by atoms with Crippen molar-refractivity contribution in [2.24, 2.45) is 0 Å². The summed E-state index contributed by atoms with van der Waals surface area (Å²) in [7, 11) is 0. The first-order valence-electron chi connectivity index (χ1n) is 6.65. The van der Waals surface area contributed by atoms with E-state index in [2.05, 4.69) is 19.1 Å². The first kappa shape index (κ1) is 15.2. The summed E-state index contributed by atoms with van der Waals surface area (Å²) in [5, 5.41) is 26.1. The van der Waals surface area contributed by atoms with Crippen LogP contribution < -0.4 is 0 Å². The van der Waals surface area contributed by atoms with Crippen molar-refractivity contribution in [2.75, 3.05) is 6.61 Å². The van der Waals surface area contributed by atoms with Gasteiger partial charge in [0.2, 0.25) is 0 Å². The molecule has 1 saturated carbocycles. The van der Waals surface area contributed by atoms with E-state index >= 15 is 0 Å². The maximum Gasteiger partial charge on any atom is 0.162 e. The van der Waals surface area contributed by atoms with Crippen molar-refractivity contribution in [3.63, 3.8) is 0 Å². The van der Waals surface area contributed by atoms with Crippen molar-refractivity contribution in [3.05, 3.63) is 35.4 Å². The molecule has 2 rings (SSSR count). The molecule has 0 radical (unpaired) electrons. The van der Waals surface area contributed by atoms with Crippen molar-refractivity contribution in [1.82, 2.24) is 0 Å². The molecule has 1 aliphatic rings. The molecule has 3 N–H and O–H groups in total. The van der Waals surface area contributed by atoms with Crippen molar-refractivity contribution < 1.29 is 15.3 Å². The molecule has 0 atom stereocenters. The molecule has 0 saturated heterocycles. The lowest BCUT2D eigenvalue weighted by Crippen LogP contribution is -2.21. The smallest absolute Gasteiger partial charge is 0.162 e. The Bertz CT molecular complexity index is 339. The fourth-order valence-corrected chi connectivity index (χ4v) is 2.10. The lowest BCUT2D eigenvalue weighted by molar-refractivity contribution is -0.152. The summed E-state index contributed by atoms with van der Waals surface area (Å²) in [6, 6.07) is 8.30. The van der Waals surface area contributed by atoms with Gasteiger partial charge >= 0.3 is 0 Å². The zero-order valence-electron chi connectivity index (χ0n) is 11.1. The van der Waals surface area contributed by atoms with Crippen LogP contribution in [0.2, 0.25) is 0 Å². The van der Waals surface area contributed by atoms with E-state index in [1.165, 1.54) is 11.1 Å². The minimum Gasteiger partial charge on any atom is -0.396 e. The highest BCUT2D eigenvalue weighted by Crippen LogP contribution is 2.25. The van der Waals surface area contributed by atoms with Crippen LogP contribution >= 0.6 is 0 Å². The highest BCUT2D eigenvalue weighted by atomic mass is 16.5. The molecule has 1 fully saturated rings. The molecule has 1 aliphatic carbocycles. The van der Waals surface area contributed by atoms with E-state index in [-0.39, 0.29) is 6.61 Å². The van der Waals surface area contributed by atoms with Crippen LogP contribution in [0.3, 0.4) is 0 Å². The maximum absolute atomic E-state index is 8.75. The normalized spacial score (nSPS) is 17.1. The molecule has 1 aromatic carbocycles. The second kappa shape index (κ2) is 7.52. The third kappa shape index (κ3) is 5.63. The number of hydrogen-bond donors (Lipinski definition) is 3. The molecule has 3 heteroatoms. The molecule has 0 aromatic heterocycles. The number of aliphatic hydroxyl groups excluding tert-OH is 1. The predicted octanol–water partition coefficient (Wildman–Crippen LogP) is 2.16. The first-order chi connectivity index (χ1) is 8.55. The molecule has 102 valence electrons. The molecule has 18 heavy (non-hydrogen) atoms. The van der Waals surface area contributed by atoms with Gasteiger partial charge in [0, 0.05) is 19.4 Å². The summed E-state index contributed by atoms with van der Waals surface area (Å²) in [6.07, 6.45) is 4.91. The molecule has 0 aliphatic heterocycles. The average molecular weight is 252 g/mol. The van der Waals surface area contributed by atoms with E-state index in [9.17, 15) is 0 Å². The largest absolute Gasteiger partial charge is 0.396 e. The Kier molecular flexibility index (Phi) is 6.33. The SMILES string of the molecule is Cc1ccccc1CCCO.OC1(O)CCCC1. The summed E-state index contributed by atoms with van der Waals surface area (Å²) in [5.41, 5.74) is 2.67. The average Bonchev–Trinajstić information content (AvgIpc) is 2.74. The second-order valence-corrected chi connectivity index (χ2v) is 4.94. The highest BCUT2D eigenvalue weighted by Gasteiger charge is 2.26. The van der Waals surface area contributed by atoms with Crippen LogP contribution in [-0.4, -0.2) is 27.7 Å². The number of aryl methyl sites for hydroxylation is 2. The number of hydrogen-bond acceptors (Lipinski definition) is 3. The fraction of sp³-hybridized carbons (Fsp3) is 0.600. The van der Waals surface area contributed by atoms with E-state index in [1.54, 1.807) is 0 Å². The maximum atomic E-state index is 8.75. The van der Waals surface area contributed by atoms with E-state index < -0.39 is 5.79 Å². The molecule has 0 spiro atoms. The molecule has 3 nitrogen and oxygen atoms in total. The first-order valence-corrected chi connectivity index (χ1v) is 6.65. The van der Waals surface area contributed by atoms with Crippen LogP contribution in [0.15, 0.2) is 24.3 Å². The lowest BCUT2D eigenvalue weighted by Gasteiger charge is -2.11. The molecule has 0 amide bonds. The van der Waals surface area contributed by atoms with Gasteiger partial charge in [-0.05, 0) is 43.7 Å². The van der Waals surface area contributed by atoms with E-state index in [4.69, 9.17) is 15.3 Å². The van der Waals surface area contributed by atoms with E-state index in [0.29, 0.717) is 12.8 Å². The Labute approximate surface area is 109 Å². The molecule has 0 heterocycles. The van der Waals surface area contributed by atoms with Crippen LogP contribution in [0, 0.1) is 6.92 Å². The van der Waals surface area contributed by atoms with E-state index in [0.717, 1.165) is 25.7 Å². The van der Waals surface area contributed by atoms with Gasteiger partial charge in [-0.1, -0.05) is 24.3 Å². The van der Waals surface area contributed by atoms with Crippen LogP contribution in [0.5, 0.6) is 0 Å². The Morgan fingerprint density at radius 1 is 1.11 bits per heavy atom. The monoisotopic (exact) mass is 252 g/mol. The lowest BCUT2D eigenvalue weighted by atomic mass is 10.0. The summed E-state index contributed by atoms with van der Waals surface area (Å²) in [6.45, 7) is 2.39. The summed E-state index contributed by atoms with van der Waals surface area (Å²) in [4.78, 5) is 0. The Morgan fingerprint density at radius 2 is 1.72 bits per heavy atom. The number of aliphatic hydroxyl groups is 3. The highest BCUT2D eigenvalue weighted by molar-refractivity contribution is 5.25. The molecule has 0 unspecified atom stereocenters. The topological polar surface area (TPSA) is 60.7 Å². The van der Waals surface area contributed by atoms with Crippen molar-refractivity contribution in [2.45, 2.75) is 51.2 Å². The zero-order valence-corrected chi connectivity index (χ0v) is 11.1. The van der Waals surface area contributed by atoms with Gasteiger partial charge in [-0.2, -0.15) is 0 Å². The fourth-order valence-electron chi connectivity index (χ4n) is 2.10. The van der Waals surface area contributed by atoms with Gasteiger partial charge in [0.05, 0.1) is 0 Å². The third-order valence-corrected chi connectivity index (χ3v) is 3.27. The third-order valence-electron chi connectivity index (χ3n) is 3.27. The van der Waals surface area contributed by atoms with Crippen molar-refractivity contribution in [1.29, 1.82) is 0 Å². The number of rotatable bonds is 3. The van der Waals surface area contributed by atoms with Crippen molar-refractivity contribution >= 4 is 0 Å². The van der Waals surface area contributed by atoms with Gasteiger partial charge in [0.25, 0.3) is 0 Å².